The SMILES string of the molecule is Cc1ccc(C(=O)NC2CCN(C(=O)Nc3cccc(Cl)c3)CC2)cc1. The monoisotopic (exact) mass is 371 g/mol. The average Bonchev–Trinajstić information content (AvgIpc) is 2.63. The molecule has 2 aromatic rings. The molecule has 6 heteroatoms. The van der Waals surface area contributed by atoms with Crippen molar-refractivity contribution in [1.82, 2.24) is 10.2 Å². The molecule has 0 saturated carbocycles. The number of urea groups is 1. The maximum absolute atomic E-state index is 12.3. The van der Waals surface area contributed by atoms with Gasteiger partial charge >= 0.3 is 6.03 Å². The summed E-state index contributed by atoms with van der Waals surface area (Å²) in [5, 5.41) is 6.49. The van der Waals surface area contributed by atoms with Crippen molar-refractivity contribution in [2.45, 2.75) is 25.8 Å². The van der Waals surface area contributed by atoms with Crippen molar-refractivity contribution in [1.29, 1.82) is 0 Å². The van der Waals surface area contributed by atoms with Crippen molar-refractivity contribution in [3.8, 4) is 0 Å². The molecule has 1 aliphatic rings. The number of piperidine rings is 1. The smallest absolute Gasteiger partial charge is 0.321 e. The van der Waals surface area contributed by atoms with Crippen LogP contribution in [0.25, 0.3) is 0 Å². The summed E-state index contributed by atoms with van der Waals surface area (Å²) in [5.41, 5.74) is 2.47. The molecule has 2 N–H and O–H groups in total. The van der Waals surface area contributed by atoms with Gasteiger partial charge in [-0.25, -0.2) is 4.79 Å². The van der Waals surface area contributed by atoms with Crippen LogP contribution in [0.2, 0.25) is 5.02 Å². The molecule has 0 aromatic heterocycles. The number of amides is 3. The van der Waals surface area contributed by atoms with Crippen LogP contribution in [0.15, 0.2) is 48.5 Å². The Morgan fingerprint density at radius 1 is 1.08 bits per heavy atom. The number of hydrogen-bond donors (Lipinski definition) is 2. The maximum atomic E-state index is 12.3. The molecule has 5 nitrogen and oxygen atoms in total. The molecule has 0 radical (unpaired) electrons. The summed E-state index contributed by atoms with van der Waals surface area (Å²) < 4.78 is 0. The quantitative estimate of drug-likeness (QED) is 0.854. The number of carbonyl (C=O) groups is 2. The second-order valence-corrected chi connectivity index (χ2v) is 6.98. The van der Waals surface area contributed by atoms with Gasteiger partial charge in [0.05, 0.1) is 0 Å². The zero-order valence-corrected chi connectivity index (χ0v) is 15.4. The van der Waals surface area contributed by atoms with Crippen LogP contribution in [0.3, 0.4) is 0 Å². The molecule has 1 heterocycles. The van der Waals surface area contributed by atoms with Gasteiger partial charge in [0.25, 0.3) is 5.91 Å². The van der Waals surface area contributed by atoms with Gasteiger partial charge < -0.3 is 15.5 Å². The van der Waals surface area contributed by atoms with E-state index in [0.717, 1.165) is 18.4 Å². The van der Waals surface area contributed by atoms with E-state index in [1.54, 1.807) is 29.2 Å². The van der Waals surface area contributed by atoms with Crippen LogP contribution in [-0.4, -0.2) is 36.0 Å². The minimum atomic E-state index is -0.143. The Bertz CT molecular complexity index is 784. The zero-order chi connectivity index (χ0) is 18.5. The van der Waals surface area contributed by atoms with Crippen molar-refractivity contribution >= 4 is 29.2 Å². The van der Waals surface area contributed by atoms with Crippen molar-refractivity contribution in [2.75, 3.05) is 18.4 Å². The lowest BCUT2D eigenvalue weighted by Gasteiger charge is -2.32. The van der Waals surface area contributed by atoms with Crippen molar-refractivity contribution < 1.29 is 9.59 Å². The fourth-order valence-corrected chi connectivity index (χ4v) is 3.16. The first-order chi connectivity index (χ1) is 12.5. The van der Waals surface area contributed by atoms with Crippen LogP contribution in [0.1, 0.15) is 28.8 Å². The van der Waals surface area contributed by atoms with Gasteiger partial charge in [-0.05, 0) is 50.1 Å². The Labute approximate surface area is 158 Å². The normalized spacial score (nSPS) is 14.8. The van der Waals surface area contributed by atoms with Crippen LogP contribution in [0, 0.1) is 6.92 Å². The number of nitrogens with zero attached hydrogens (tertiary/aromatic N) is 1. The third-order valence-corrected chi connectivity index (χ3v) is 4.74. The van der Waals surface area contributed by atoms with Gasteiger partial charge in [-0.15, -0.1) is 0 Å². The summed E-state index contributed by atoms with van der Waals surface area (Å²) in [6.07, 6.45) is 1.47. The fourth-order valence-electron chi connectivity index (χ4n) is 2.97. The average molecular weight is 372 g/mol. The lowest BCUT2D eigenvalue weighted by atomic mass is 10.0. The second kappa shape index (κ2) is 8.23. The maximum Gasteiger partial charge on any atom is 0.321 e. The minimum Gasteiger partial charge on any atom is -0.349 e. The van der Waals surface area contributed by atoms with Gasteiger partial charge in [0, 0.05) is 35.4 Å². The molecule has 136 valence electrons. The van der Waals surface area contributed by atoms with Crippen LogP contribution < -0.4 is 10.6 Å². The Morgan fingerprint density at radius 3 is 2.42 bits per heavy atom. The van der Waals surface area contributed by atoms with Crippen LogP contribution in [-0.2, 0) is 0 Å². The van der Waals surface area contributed by atoms with Gasteiger partial charge in [-0.3, -0.25) is 4.79 Å². The van der Waals surface area contributed by atoms with E-state index < -0.39 is 0 Å². The molecular weight excluding hydrogens is 350 g/mol. The molecule has 3 amide bonds. The van der Waals surface area contributed by atoms with E-state index in [1.807, 2.05) is 31.2 Å². The number of nitrogens with one attached hydrogen (secondary N) is 2. The van der Waals surface area contributed by atoms with Gasteiger partial charge in [-0.2, -0.15) is 0 Å². The first kappa shape index (κ1) is 18.3. The molecule has 0 unspecified atom stereocenters. The Hall–Kier alpha value is -2.53. The lowest BCUT2D eigenvalue weighted by Crippen LogP contribution is -2.47. The van der Waals surface area contributed by atoms with E-state index in [0.29, 0.717) is 29.4 Å². The number of aryl methyl sites for hydroxylation is 1. The first-order valence-corrected chi connectivity index (χ1v) is 9.08. The Kier molecular flexibility index (Phi) is 5.78. The molecule has 3 rings (SSSR count). The highest BCUT2D eigenvalue weighted by atomic mass is 35.5. The molecule has 0 atom stereocenters. The third-order valence-electron chi connectivity index (χ3n) is 4.51. The van der Waals surface area contributed by atoms with E-state index in [9.17, 15) is 9.59 Å². The third kappa shape index (κ3) is 4.76. The van der Waals surface area contributed by atoms with E-state index in [2.05, 4.69) is 10.6 Å². The Balaban J connectivity index is 1.48. The summed E-state index contributed by atoms with van der Waals surface area (Å²) in [6, 6.07) is 14.5. The zero-order valence-electron chi connectivity index (χ0n) is 14.7. The first-order valence-electron chi connectivity index (χ1n) is 8.70. The summed E-state index contributed by atoms with van der Waals surface area (Å²) in [4.78, 5) is 26.4. The van der Waals surface area contributed by atoms with Gasteiger partial charge in [-0.1, -0.05) is 35.4 Å². The van der Waals surface area contributed by atoms with E-state index >= 15 is 0 Å². The number of carbonyl (C=O) groups excluding carboxylic acids is 2. The summed E-state index contributed by atoms with van der Waals surface area (Å²) in [6.45, 7) is 3.20. The molecular formula is C20H22ClN3O2. The highest BCUT2D eigenvalue weighted by Gasteiger charge is 2.24. The van der Waals surface area contributed by atoms with Crippen molar-refractivity contribution in [2.24, 2.45) is 0 Å². The van der Waals surface area contributed by atoms with Crippen molar-refractivity contribution in [3.05, 3.63) is 64.7 Å². The number of hydrogen-bond acceptors (Lipinski definition) is 2. The topological polar surface area (TPSA) is 61.4 Å². The van der Waals surface area contributed by atoms with Gasteiger partial charge in [0.1, 0.15) is 0 Å². The molecule has 0 bridgehead atoms. The highest BCUT2D eigenvalue weighted by molar-refractivity contribution is 6.30. The van der Waals surface area contributed by atoms with Crippen LogP contribution in [0.4, 0.5) is 10.5 Å². The number of likely N-dealkylation sites (tertiary alicyclic amines) is 1. The summed E-state index contributed by atoms with van der Waals surface area (Å²) >= 11 is 5.94. The number of anilines is 1. The molecule has 2 aromatic carbocycles. The second-order valence-electron chi connectivity index (χ2n) is 6.54. The van der Waals surface area contributed by atoms with Gasteiger partial charge in [0.2, 0.25) is 0 Å². The lowest BCUT2D eigenvalue weighted by molar-refractivity contribution is 0.0919. The van der Waals surface area contributed by atoms with E-state index in [1.165, 1.54) is 0 Å². The van der Waals surface area contributed by atoms with Crippen LogP contribution in [0.5, 0.6) is 0 Å². The highest BCUT2D eigenvalue weighted by Crippen LogP contribution is 2.17. The predicted molar refractivity (Wildman–Crippen MR) is 104 cm³/mol. The summed E-state index contributed by atoms with van der Waals surface area (Å²) in [7, 11) is 0. The van der Waals surface area contributed by atoms with Gasteiger partial charge in [0.15, 0.2) is 0 Å². The standard InChI is InChI=1S/C20H22ClN3O2/c1-14-5-7-15(8-6-14)19(25)22-17-9-11-24(12-10-17)20(26)23-18-4-2-3-16(21)13-18/h2-8,13,17H,9-12H2,1H3,(H,22,25)(H,23,26). The van der Waals surface area contributed by atoms with E-state index in [-0.39, 0.29) is 18.0 Å². The molecule has 1 fully saturated rings. The van der Waals surface area contributed by atoms with E-state index in [4.69, 9.17) is 11.6 Å². The molecule has 26 heavy (non-hydrogen) atoms. The van der Waals surface area contributed by atoms with Crippen molar-refractivity contribution in [3.63, 3.8) is 0 Å². The molecule has 0 spiro atoms. The minimum absolute atomic E-state index is 0.0631. The molecule has 1 aliphatic heterocycles. The number of halogens is 1. The molecule has 1 saturated heterocycles. The van der Waals surface area contributed by atoms with Crippen LogP contribution >= 0.6 is 11.6 Å². The number of rotatable bonds is 3. The Morgan fingerprint density at radius 2 is 1.77 bits per heavy atom. The summed E-state index contributed by atoms with van der Waals surface area (Å²) in [5.74, 6) is -0.0631. The fraction of sp³-hybridized carbons (Fsp3) is 0.300. The predicted octanol–water partition coefficient (Wildman–Crippen LogP) is 4.07. The number of benzene rings is 2. The largest absolute Gasteiger partial charge is 0.349 e. The molecule has 0 aliphatic carbocycles.